The van der Waals surface area contributed by atoms with Crippen LogP contribution in [-0.4, -0.2) is 49.8 Å². The predicted octanol–water partition coefficient (Wildman–Crippen LogP) is -0.321. The molecule has 64 valence electrons. The molecule has 2 rings (SSSR count). The van der Waals surface area contributed by atoms with E-state index in [1.165, 1.54) is 6.54 Å². The minimum absolute atomic E-state index is 0.601. The molecule has 2 aliphatic heterocycles. The van der Waals surface area contributed by atoms with Gasteiger partial charge in [-0.05, 0) is 6.54 Å². The van der Waals surface area contributed by atoms with Crippen LogP contribution in [0.15, 0.2) is 0 Å². The lowest BCUT2D eigenvalue weighted by molar-refractivity contribution is 0.135. The van der Waals surface area contributed by atoms with Gasteiger partial charge in [-0.25, -0.2) is 0 Å². The second kappa shape index (κ2) is 3.09. The molecular formula is C8H16N2O. The Morgan fingerprint density at radius 1 is 1.55 bits per heavy atom. The van der Waals surface area contributed by atoms with Gasteiger partial charge in [0.2, 0.25) is 0 Å². The smallest absolute Gasteiger partial charge is 0.0638 e. The Labute approximate surface area is 67.7 Å². The van der Waals surface area contributed by atoms with Crippen molar-refractivity contribution in [1.29, 1.82) is 0 Å². The first-order valence-corrected chi connectivity index (χ1v) is 4.47. The first-order valence-electron chi connectivity index (χ1n) is 4.47. The molecule has 0 saturated carbocycles. The van der Waals surface area contributed by atoms with Crippen LogP contribution in [-0.2, 0) is 4.74 Å². The van der Waals surface area contributed by atoms with E-state index < -0.39 is 0 Å². The molecule has 0 aromatic carbocycles. The molecule has 3 heteroatoms. The van der Waals surface area contributed by atoms with Crippen molar-refractivity contribution in [2.75, 3.05) is 32.8 Å². The number of hydrogen-bond acceptors (Lipinski definition) is 3. The van der Waals surface area contributed by atoms with Crippen LogP contribution in [0.2, 0.25) is 0 Å². The molecule has 11 heavy (non-hydrogen) atoms. The maximum absolute atomic E-state index is 5.42. The van der Waals surface area contributed by atoms with Gasteiger partial charge in [-0.3, -0.25) is 4.90 Å². The number of likely N-dealkylation sites (N-methyl/N-ethyl adjacent to an activating group) is 1. The van der Waals surface area contributed by atoms with Gasteiger partial charge in [0, 0.05) is 19.1 Å². The molecule has 1 N–H and O–H groups in total. The highest BCUT2D eigenvalue weighted by molar-refractivity contribution is 4.92. The summed E-state index contributed by atoms with van der Waals surface area (Å²) in [4.78, 5) is 2.51. The third-order valence-corrected chi connectivity index (χ3v) is 2.73. The van der Waals surface area contributed by atoms with Gasteiger partial charge >= 0.3 is 0 Å². The molecule has 2 aliphatic rings. The van der Waals surface area contributed by atoms with Gasteiger partial charge in [0.1, 0.15) is 0 Å². The lowest BCUT2D eigenvalue weighted by atomic mass is 10.1. The fourth-order valence-corrected chi connectivity index (χ4v) is 2.05. The highest BCUT2D eigenvalue weighted by Gasteiger charge is 2.34. The summed E-state index contributed by atoms with van der Waals surface area (Å²) in [6.07, 6.45) is 0. The summed E-state index contributed by atoms with van der Waals surface area (Å²) in [5.74, 6) is 0. The van der Waals surface area contributed by atoms with Crippen molar-refractivity contribution in [2.24, 2.45) is 0 Å². The summed E-state index contributed by atoms with van der Waals surface area (Å²) < 4.78 is 5.42. The number of nitrogens with one attached hydrogen (secondary N) is 1. The average molecular weight is 156 g/mol. The van der Waals surface area contributed by atoms with Crippen molar-refractivity contribution in [2.45, 2.75) is 19.0 Å². The lowest BCUT2D eigenvalue weighted by Crippen LogP contribution is -2.57. The number of rotatable bonds is 1. The van der Waals surface area contributed by atoms with Gasteiger partial charge in [0.15, 0.2) is 0 Å². The molecule has 2 fully saturated rings. The monoisotopic (exact) mass is 156 g/mol. The van der Waals surface area contributed by atoms with Crippen molar-refractivity contribution in [1.82, 2.24) is 10.2 Å². The van der Waals surface area contributed by atoms with Crippen molar-refractivity contribution in [3.05, 3.63) is 0 Å². The number of fused-ring (bicyclic) bond motifs is 1. The van der Waals surface area contributed by atoms with Gasteiger partial charge < -0.3 is 10.1 Å². The zero-order valence-electron chi connectivity index (χ0n) is 7.05. The van der Waals surface area contributed by atoms with Crippen LogP contribution in [0, 0.1) is 0 Å². The zero-order chi connectivity index (χ0) is 7.68. The minimum atomic E-state index is 0.601. The van der Waals surface area contributed by atoms with Crippen molar-refractivity contribution < 1.29 is 4.74 Å². The summed E-state index contributed by atoms with van der Waals surface area (Å²) in [6, 6.07) is 1.25. The summed E-state index contributed by atoms with van der Waals surface area (Å²) in [6.45, 7) is 7.51. The number of nitrogens with zero attached hydrogens (tertiary/aromatic N) is 1. The van der Waals surface area contributed by atoms with Gasteiger partial charge in [-0.1, -0.05) is 6.92 Å². The fraction of sp³-hybridized carbons (Fsp3) is 1.00. The number of ether oxygens (including phenoxy) is 1. The molecule has 0 bridgehead atoms. The van der Waals surface area contributed by atoms with E-state index in [2.05, 4.69) is 17.1 Å². The van der Waals surface area contributed by atoms with E-state index in [9.17, 15) is 0 Å². The maximum Gasteiger partial charge on any atom is 0.0638 e. The summed E-state index contributed by atoms with van der Waals surface area (Å²) in [5.41, 5.74) is 0. The summed E-state index contributed by atoms with van der Waals surface area (Å²) in [7, 11) is 0. The third kappa shape index (κ3) is 1.28. The molecule has 0 radical (unpaired) electrons. The Morgan fingerprint density at radius 3 is 3.27 bits per heavy atom. The van der Waals surface area contributed by atoms with E-state index in [4.69, 9.17) is 4.74 Å². The molecule has 2 atom stereocenters. The Balaban J connectivity index is 2.00. The molecular weight excluding hydrogens is 140 g/mol. The molecule has 3 nitrogen and oxygen atoms in total. The second-order valence-electron chi connectivity index (χ2n) is 3.29. The number of hydrogen-bond donors (Lipinski definition) is 1. The number of piperazine rings is 1. The maximum atomic E-state index is 5.42. The summed E-state index contributed by atoms with van der Waals surface area (Å²) >= 11 is 0. The Kier molecular flexibility index (Phi) is 2.11. The molecule has 0 spiro atoms. The third-order valence-electron chi connectivity index (χ3n) is 2.73. The fourth-order valence-electron chi connectivity index (χ4n) is 2.05. The van der Waals surface area contributed by atoms with E-state index >= 15 is 0 Å². The first kappa shape index (κ1) is 7.53. The Morgan fingerprint density at radius 2 is 2.45 bits per heavy atom. The van der Waals surface area contributed by atoms with E-state index in [-0.39, 0.29) is 0 Å². The van der Waals surface area contributed by atoms with Crippen LogP contribution in [0.4, 0.5) is 0 Å². The zero-order valence-corrected chi connectivity index (χ0v) is 7.05. The highest BCUT2D eigenvalue weighted by Crippen LogP contribution is 2.15. The minimum Gasteiger partial charge on any atom is -0.378 e. The van der Waals surface area contributed by atoms with Crippen molar-refractivity contribution in [3.8, 4) is 0 Å². The van der Waals surface area contributed by atoms with E-state index in [0.717, 1.165) is 26.3 Å². The molecule has 0 aromatic rings. The van der Waals surface area contributed by atoms with Crippen molar-refractivity contribution >= 4 is 0 Å². The van der Waals surface area contributed by atoms with Gasteiger partial charge in [0.25, 0.3) is 0 Å². The quantitative estimate of drug-likeness (QED) is 0.563. The second-order valence-corrected chi connectivity index (χ2v) is 3.29. The normalized spacial score (nSPS) is 39.0. The van der Waals surface area contributed by atoms with Crippen LogP contribution in [0.1, 0.15) is 6.92 Å². The van der Waals surface area contributed by atoms with Gasteiger partial charge in [0.05, 0.1) is 19.3 Å². The topological polar surface area (TPSA) is 24.5 Å². The van der Waals surface area contributed by atoms with Crippen LogP contribution < -0.4 is 5.32 Å². The predicted molar refractivity (Wildman–Crippen MR) is 43.6 cm³/mol. The van der Waals surface area contributed by atoms with Crippen LogP contribution >= 0.6 is 0 Å². The Hall–Kier alpha value is -0.120. The largest absolute Gasteiger partial charge is 0.378 e. The van der Waals surface area contributed by atoms with Crippen LogP contribution in [0.3, 0.4) is 0 Å². The SMILES string of the molecule is CCN1CCNC2COCC21. The molecule has 0 aromatic heterocycles. The standard InChI is InChI=1S/C8H16N2O/c1-2-10-4-3-9-7-5-11-6-8(7)10/h7-9H,2-6H2,1H3. The molecule has 2 heterocycles. The molecule has 0 amide bonds. The summed E-state index contributed by atoms with van der Waals surface area (Å²) in [5, 5.41) is 3.48. The molecule has 2 saturated heterocycles. The lowest BCUT2D eigenvalue weighted by Gasteiger charge is -2.36. The van der Waals surface area contributed by atoms with Crippen LogP contribution in [0.5, 0.6) is 0 Å². The van der Waals surface area contributed by atoms with E-state index in [1.54, 1.807) is 0 Å². The molecule has 2 unspecified atom stereocenters. The highest BCUT2D eigenvalue weighted by atomic mass is 16.5. The first-order chi connectivity index (χ1) is 5.42. The van der Waals surface area contributed by atoms with Gasteiger partial charge in [-0.15, -0.1) is 0 Å². The van der Waals surface area contributed by atoms with E-state index in [0.29, 0.717) is 12.1 Å². The Bertz CT molecular complexity index is 140. The molecule has 0 aliphatic carbocycles. The van der Waals surface area contributed by atoms with Gasteiger partial charge in [-0.2, -0.15) is 0 Å². The van der Waals surface area contributed by atoms with Crippen molar-refractivity contribution in [3.63, 3.8) is 0 Å². The average Bonchev–Trinajstić information content (AvgIpc) is 2.50. The van der Waals surface area contributed by atoms with Crippen LogP contribution in [0.25, 0.3) is 0 Å². The van der Waals surface area contributed by atoms with E-state index in [1.807, 2.05) is 0 Å².